The van der Waals surface area contributed by atoms with Gasteiger partial charge in [0.2, 0.25) is 0 Å². The highest BCUT2D eigenvalue weighted by atomic mass is 32.1. The SMILES string of the molecule is CCCCCOc1ccc(C(=O)N2CCN(c3nc4c(F)cccc4s3)CC2)cc1. The lowest BCUT2D eigenvalue weighted by atomic mass is 10.1. The molecule has 0 atom stereocenters. The molecule has 0 saturated carbocycles. The third-order valence-electron chi connectivity index (χ3n) is 5.31. The van der Waals surface area contributed by atoms with Crippen molar-refractivity contribution in [1.29, 1.82) is 0 Å². The van der Waals surface area contributed by atoms with Gasteiger partial charge in [-0.25, -0.2) is 9.37 Å². The number of benzene rings is 2. The number of thiazole rings is 1. The molecule has 2 aromatic carbocycles. The molecule has 4 rings (SSSR count). The molecule has 2 heterocycles. The molecule has 1 amide bonds. The highest BCUT2D eigenvalue weighted by molar-refractivity contribution is 7.22. The maximum atomic E-state index is 13.9. The van der Waals surface area contributed by atoms with E-state index >= 15 is 0 Å². The number of rotatable bonds is 7. The molecule has 1 aliphatic rings. The van der Waals surface area contributed by atoms with E-state index in [4.69, 9.17) is 4.74 Å². The molecule has 3 aromatic rings. The quantitative estimate of drug-likeness (QED) is 0.500. The zero-order valence-electron chi connectivity index (χ0n) is 17.1. The van der Waals surface area contributed by atoms with Crippen LogP contribution in [0.4, 0.5) is 9.52 Å². The van der Waals surface area contributed by atoms with Crippen LogP contribution < -0.4 is 9.64 Å². The van der Waals surface area contributed by atoms with Crippen LogP contribution in [0.3, 0.4) is 0 Å². The van der Waals surface area contributed by atoms with Gasteiger partial charge in [-0.3, -0.25) is 4.79 Å². The molecule has 0 spiro atoms. The summed E-state index contributed by atoms with van der Waals surface area (Å²) in [4.78, 5) is 21.3. The fourth-order valence-corrected chi connectivity index (χ4v) is 4.59. The molecule has 0 bridgehead atoms. The lowest BCUT2D eigenvalue weighted by Crippen LogP contribution is -2.48. The average Bonchev–Trinajstić information content (AvgIpc) is 3.23. The van der Waals surface area contributed by atoms with Crippen LogP contribution in [-0.2, 0) is 0 Å². The summed E-state index contributed by atoms with van der Waals surface area (Å²) in [5, 5.41) is 0.812. The first-order chi connectivity index (χ1) is 14.7. The van der Waals surface area contributed by atoms with Crippen molar-refractivity contribution in [2.45, 2.75) is 26.2 Å². The molecule has 1 aliphatic heterocycles. The molecule has 158 valence electrons. The predicted octanol–water partition coefficient (Wildman–Crippen LogP) is 4.97. The van der Waals surface area contributed by atoms with Crippen LogP contribution in [0, 0.1) is 5.82 Å². The second-order valence-electron chi connectivity index (χ2n) is 7.44. The van der Waals surface area contributed by atoms with Gasteiger partial charge in [-0.05, 0) is 42.8 Å². The van der Waals surface area contributed by atoms with E-state index in [1.165, 1.54) is 23.8 Å². The second kappa shape index (κ2) is 9.43. The molecular formula is C23H26FN3O2S. The van der Waals surface area contributed by atoms with Gasteiger partial charge in [0.25, 0.3) is 5.91 Å². The number of carbonyl (C=O) groups is 1. The topological polar surface area (TPSA) is 45.7 Å². The fourth-order valence-electron chi connectivity index (χ4n) is 3.56. The van der Waals surface area contributed by atoms with Gasteiger partial charge in [-0.15, -0.1) is 0 Å². The highest BCUT2D eigenvalue weighted by Gasteiger charge is 2.24. The lowest BCUT2D eigenvalue weighted by Gasteiger charge is -2.34. The summed E-state index contributed by atoms with van der Waals surface area (Å²) in [6.07, 6.45) is 3.37. The molecule has 0 aliphatic carbocycles. The Bertz CT molecular complexity index is 997. The Hall–Kier alpha value is -2.67. The second-order valence-corrected chi connectivity index (χ2v) is 8.45. The van der Waals surface area contributed by atoms with Crippen molar-refractivity contribution in [3.05, 3.63) is 53.8 Å². The van der Waals surface area contributed by atoms with Crippen molar-refractivity contribution in [3.63, 3.8) is 0 Å². The molecule has 7 heteroatoms. The maximum absolute atomic E-state index is 13.9. The number of amides is 1. The van der Waals surface area contributed by atoms with Crippen molar-refractivity contribution in [2.24, 2.45) is 0 Å². The number of piperazine rings is 1. The average molecular weight is 428 g/mol. The van der Waals surface area contributed by atoms with E-state index < -0.39 is 0 Å². The number of ether oxygens (including phenoxy) is 1. The van der Waals surface area contributed by atoms with E-state index in [-0.39, 0.29) is 11.7 Å². The summed E-state index contributed by atoms with van der Waals surface area (Å²) >= 11 is 1.49. The van der Waals surface area contributed by atoms with Crippen molar-refractivity contribution in [3.8, 4) is 5.75 Å². The van der Waals surface area contributed by atoms with Crippen LogP contribution in [-0.4, -0.2) is 48.6 Å². The van der Waals surface area contributed by atoms with Crippen LogP contribution in [0.25, 0.3) is 10.2 Å². The van der Waals surface area contributed by atoms with Crippen molar-refractivity contribution < 1.29 is 13.9 Å². The summed E-state index contributed by atoms with van der Waals surface area (Å²) in [6.45, 7) is 5.48. The van der Waals surface area contributed by atoms with Gasteiger partial charge >= 0.3 is 0 Å². The number of carbonyl (C=O) groups excluding carboxylic acids is 1. The fraction of sp³-hybridized carbons (Fsp3) is 0.391. The summed E-state index contributed by atoms with van der Waals surface area (Å²) in [7, 11) is 0. The lowest BCUT2D eigenvalue weighted by molar-refractivity contribution is 0.0746. The van der Waals surface area contributed by atoms with Crippen LogP contribution in [0.2, 0.25) is 0 Å². The molecule has 0 unspecified atom stereocenters. The highest BCUT2D eigenvalue weighted by Crippen LogP contribution is 2.30. The van der Waals surface area contributed by atoms with Crippen LogP contribution in [0.5, 0.6) is 5.75 Å². The third-order valence-corrected chi connectivity index (χ3v) is 6.40. The predicted molar refractivity (Wildman–Crippen MR) is 119 cm³/mol. The van der Waals surface area contributed by atoms with Crippen molar-refractivity contribution in [1.82, 2.24) is 9.88 Å². The summed E-state index contributed by atoms with van der Waals surface area (Å²) < 4.78 is 20.5. The van der Waals surface area contributed by atoms with E-state index in [1.54, 1.807) is 6.07 Å². The molecule has 1 saturated heterocycles. The van der Waals surface area contributed by atoms with Crippen molar-refractivity contribution in [2.75, 3.05) is 37.7 Å². The van der Waals surface area contributed by atoms with Crippen LogP contribution in [0.15, 0.2) is 42.5 Å². The Morgan fingerprint density at radius 1 is 1.10 bits per heavy atom. The first-order valence-electron chi connectivity index (χ1n) is 10.5. The number of nitrogens with zero attached hydrogens (tertiary/aromatic N) is 3. The molecule has 30 heavy (non-hydrogen) atoms. The van der Waals surface area contributed by atoms with Crippen molar-refractivity contribution >= 4 is 32.6 Å². The van der Waals surface area contributed by atoms with E-state index in [1.807, 2.05) is 35.2 Å². The molecule has 1 fully saturated rings. The molecule has 0 N–H and O–H groups in total. The van der Waals surface area contributed by atoms with Gasteiger partial charge in [0.15, 0.2) is 5.13 Å². The summed E-state index contributed by atoms with van der Waals surface area (Å²) in [6, 6.07) is 12.4. The Morgan fingerprint density at radius 3 is 2.57 bits per heavy atom. The van der Waals surface area contributed by atoms with E-state index in [0.717, 1.165) is 28.4 Å². The Kier molecular flexibility index (Phi) is 6.47. The summed E-state index contributed by atoms with van der Waals surface area (Å²) in [5.41, 5.74) is 1.10. The number of hydrogen-bond acceptors (Lipinski definition) is 5. The van der Waals surface area contributed by atoms with Gasteiger partial charge in [-0.1, -0.05) is 37.2 Å². The minimum absolute atomic E-state index is 0.0301. The molecule has 1 aromatic heterocycles. The number of aromatic nitrogens is 1. The van der Waals surface area contributed by atoms with Gasteiger partial charge in [0.05, 0.1) is 11.3 Å². The Morgan fingerprint density at radius 2 is 1.87 bits per heavy atom. The maximum Gasteiger partial charge on any atom is 0.253 e. The Balaban J connectivity index is 1.33. The molecule has 0 radical (unpaired) electrons. The molecular weight excluding hydrogens is 401 g/mol. The van der Waals surface area contributed by atoms with Gasteiger partial charge in [0, 0.05) is 31.7 Å². The minimum atomic E-state index is -0.290. The van der Waals surface area contributed by atoms with Gasteiger partial charge in [0.1, 0.15) is 17.1 Å². The zero-order valence-corrected chi connectivity index (χ0v) is 18.0. The van der Waals surface area contributed by atoms with Crippen LogP contribution >= 0.6 is 11.3 Å². The first kappa shape index (κ1) is 20.6. The van der Waals surface area contributed by atoms with Gasteiger partial charge in [-0.2, -0.15) is 0 Å². The van der Waals surface area contributed by atoms with E-state index in [9.17, 15) is 9.18 Å². The largest absolute Gasteiger partial charge is 0.494 e. The normalized spacial score (nSPS) is 14.3. The monoisotopic (exact) mass is 427 g/mol. The van der Waals surface area contributed by atoms with E-state index in [2.05, 4.69) is 16.8 Å². The number of unbranched alkanes of at least 4 members (excludes halogenated alkanes) is 2. The summed E-state index contributed by atoms with van der Waals surface area (Å²) in [5.74, 6) is 0.541. The Labute approximate surface area is 180 Å². The number of para-hydroxylation sites is 1. The third kappa shape index (κ3) is 4.56. The number of halogens is 1. The first-order valence-corrected chi connectivity index (χ1v) is 11.3. The van der Waals surface area contributed by atoms with E-state index in [0.29, 0.717) is 43.9 Å². The number of anilines is 1. The molecule has 5 nitrogen and oxygen atoms in total. The standard InChI is InChI=1S/C23H26FN3O2S/c1-2-3-4-16-29-18-10-8-17(9-11-18)22(28)26-12-14-27(15-13-26)23-25-21-19(24)6-5-7-20(21)30-23/h5-11H,2-4,12-16H2,1H3. The minimum Gasteiger partial charge on any atom is -0.494 e. The number of hydrogen-bond donors (Lipinski definition) is 0. The van der Waals surface area contributed by atoms with Gasteiger partial charge < -0.3 is 14.5 Å². The van der Waals surface area contributed by atoms with Crippen LogP contribution in [0.1, 0.15) is 36.5 Å². The zero-order chi connectivity index (χ0) is 20.9. The smallest absolute Gasteiger partial charge is 0.253 e. The number of fused-ring (bicyclic) bond motifs is 1.